The lowest BCUT2D eigenvalue weighted by Crippen LogP contribution is -2.35. The summed E-state index contributed by atoms with van der Waals surface area (Å²) >= 11 is 0. The molecule has 0 bridgehead atoms. The molecule has 4 rings (SSSR count). The monoisotopic (exact) mass is 372 g/mol. The number of hydrogen-bond acceptors (Lipinski definition) is 3. The van der Waals surface area contributed by atoms with Gasteiger partial charge in [0.25, 0.3) is 0 Å². The Labute approximate surface area is 161 Å². The van der Waals surface area contributed by atoms with Crippen LogP contribution in [0.5, 0.6) is 0 Å². The van der Waals surface area contributed by atoms with Crippen LogP contribution in [-0.4, -0.2) is 16.0 Å². The van der Waals surface area contributed by atoms with Crippen molar-refractivity contribution in [3.63, 3.8) is 0 Å². The van der Waals surface area contributed by atoms with Gasteiger partial charge in [0.2, 0.25) is 0 Å². The highest BCUT2D eigenvalue weighted by Crippen LogP contribution is 2.27. The van der Waals surface area contributed by atoms with Gasteiger partial charge in [-0.2, -0.15) is 0 Å². The fourth-order valence-corrected chi connectivity index (χ4v) is 3.11. The molecule has 2 N–H and O–H groups in total. The highest BCUT2D eigenvalue weighted by Gasteiger charge is 2.16. The number of nitrogens with two attached hydrogens (primary N) is 1. The zero-order valence-corrected chi connectivity index (χ0v) is 14.9. The average molecular weight is 372 g/mol. The molecule has 138 valence electrons. The summed E-state index contributed by atoms with van der Waals surface area (Å²) in [6.07, 6.45) is 5.13. The van der Waals surface area contributed by atoms with Gasteiger partial charge in [0.15, 0.2) is 0 Å². The molecule has 6 heteroatoms. The van der Waals surface area contributed by atoms with Crippen molar-refractivity contribution in [2.24, 2.45) is 5.73 Å². The smallest absolute Gasteiger partial charge is 0.319 e. The number of anilines is 1. The van der Waals surface area contributed by atoms with Crippen LogP contribution in [0.4, 0.5) is 14.9 Å². The predicted octanol–water partition coefficient (Wildman–Crippen LogP) is 4.52. The van der Waals surface area contributed by atoms with Gasteiger partial charge < -0.3 is 5.73 Å². The van der Waals surface area contributed by atoms with E-state index in [1.54, 1.807) is 30.7 Å². The van der Waals surface area contributed by atoms with Crippen molar-refractivity contribution in [1.29, 1.82) is 0 Å². The van der Waals surface area contributed by atoms with Crippen molar-refractivity contribution in [2.75, 3.05) is 4.90 Å². The van der Waals surface area contributed by atoms with E-state index >= 15 is 0 Å². The molecular formula is C22H17FN4O. The Kier molecular flexibility index (Phi) is 4.68. The molecule has 2 heterocycles. The van der Waals surface area contributed by atoms with Crippen molar-refractivity contribution < 1.29 is 9.18 Å². The molecule has 0 saturated heterocycles. The summed E-state index contributed by atoms with van der Waals surface area (Å²) in [5.74, 6) is -0.289. The Hall–Kier alpha value is -3.80. The van der Waals surface area contributed by atoms with Crippen LogP contribution in [0.2, 0.25) is 0 Å². The van der Waals surface area contributed by atoms with E-state index in [1.165, 1.54) is 17.0 Å². The van der Waals surface area contributed by atoms with E-state index in [4.69, 9.17) is 5.73 Å². The first kappa shape index (κ1) is 17.6. The van der Waals surface area contributed by atoms with Crippen molar-refractivity contribution in [2.45, 2.75) is 6.54 Å². The second-order valence-electron chi connectivity index (χ2n) is 6.36. The van der Waals surface area contributed by atoms with Crippen LogP contribution in [0.1, 0.15) is 5.56 Å². The van der Waals surface area contributed by atoms with Crippen molar-refractivity contribution in [1.82, 2.24) is 9.97 Å². The quantitative estimate of drug-likeness (QED) is 0.572. The number of carbonyl (C=O) groups excluding carboxylic acids is 1. The first-order chi connectivity index (χ1) is 13.6. The minimum absolute atomic E-state index is 0.285. The number of rotatable bonds is 4. The van der Waals surface area contributed by atoms with Gasteiger partial charge >= 0.3 is 6.03 Å². The van der Waals surface area contributed by atoms with E-state index in [0.29, 0.717) is 0 Å². The second kappa shape index (κ2) is 7.44. The molecule has 0 saturated carbocycles. The lowest BCUT2D eigenvalue weighted by Gasteiger charge is -2.22. The summed E-state index contributed by atoms with van der Waals surface area (Å²) < 4.78 is 13.1. The summed E-state index contributed by atoms with van der Waals surface area (Å²) in [5, 5.41) is 1.82. The number of pyridine rings is 2. The molecule has 5 nitrogen and oxygen atoms in total. The zero-order chi connectivity index (χ0) is 19.5. The normalized spacial score (nSPS) is 10.8. The Morgan fingerprint density at radius 3 is 2.54 bits per heavy atom. The number of nitrogens with zero attached hydrogens (tertiary/aromatic N) is 3. The molecule has 0 radical (unpaired) electrons. The number of benzene rings is 2. The van der Waals surface area contributed by atoms with Crippen LogP contribution in [-0.2, 0) is 6.54 Å². The van der Waals surface area contributed by atoms with Gasteiger partial charge in [0.05, 0.1) is 17.9 Å². The molecule has 0 aliphatic heterocycles. The van der Waals surface area contributed by atoms with Crippen molar-refractivity contribution in [3.8, 4) is 11.3 Å². The Balaban J connectivity index is 1.63. The Morgan fingerprint density at radius 1 is 1.00 bits per heavy atom. The summed E-state index contributed by atoms with van der Waals surface area (Å²) in [6.45, 7) is 0.285. The zero-order valence-electron chi connectivity index (χ0n) is 14.9. The maximum atomic E-state index is 13.1. The molecule has 0 aliphatic rings. The fourth-order valence-electron chi connectivity index (χ4n) is 3.11. The summed E-state index contributed by atoms with van der Waals surface area (Å²) in [4.78, 5) is 22.2. The van der Waals surface area contributed by atoms with Gasteiger partial charge in [0, 0.05) is 34.9 Å². The van der Waals surface area contributed by atoms with Crippen molar-refractivity contribution in [3.05, 3.63) is 90.6 Å². The van der Waals surface area contributed by atoms with E-state index in [-0.39, 0.29) is 12.4 Å². The third-order valence-electron chi connectivity index (χ3n) is 4.52. The minimum atomic E-state index is -0.549. The number of carbonyl (C=O) groups is 1. The van der Waals surface area contributed by atoms with E-state index in [1.807, 2.05) is 36.4 Å². The number of primary amides is 1. The first-order valence-electron chi connectivity index (χ1n) is 8.72. The summed E-state index contributed by atoms with van der Waals surface area (Å²) in [6, 6.07) is 16.8. The van der Waals surface area contributed by atoms with Crippen LogP contribution in [0.15, 0.2) is 79.3 Å². The van der Waals surface area contributed by atoms with Gasteiger partial charge in [-0.1, -0.05) is 18.2 Å². The van der Waals surface area contributed by atoms with Crippen LogP contribution >= 0.6 is 0 Å². The third kappa shape index (κ3) is 3.53. The molecular weight excluding hydrogens is 355 g/mol. The molecule has 2 aromatic carbocycles. The standard InChI is InChI=1S/C22H17FN4O/c23-18-7-5-16(6-8-18)20-9-4-15(12-26-20)14-27(22(24)28)21-3-1-2-17-13-25-11-10-19(17)21/h1-13H,14H2,(H2,24,28). The highest BCUT2D eigenvalue weighted by molar-refractivity contribution is 6.02. The average Bonchev–Trinajstić information content (AvgIpc) is 2.72. The second-order valence-corrected chi connectivity index (χ2v) is 6.36. The number of halogens is 1. The molecule has 0 spiro atoms. The highest BCUT2D eigenvalue weighted by atomic mass is 19.1. The topological polar surface area (TPSA) is 72.1 Å². The van der Waals surface area contributed by atoms with Crippen molar-refractivity contribution >= 4 is 22.5 Å². The maximum Gasteiger partial charge on any atom is 0.319 e. The molecule has 0 atom stereocenters. The van der Waals surface area contributed by atoms with E-state index < -0.39 is 6.03 Å². The SMILES string of the molecule is NC(=O)N(Cc1ccc(-c2ccc(F)cc2)nc1)c1cccc2cnccc12. The molecule has 2 aromatic heterocycles. The summed E-state index contributed by atoms with van der Waals surface area (Å²) in [7, 11) is 0. The predicted molar refractivity (Wildman–Crippen MR) is 107 cm³/mol. The lowest BCUT2D eigenvalue weighted by atomic mass is 10.1. The molecule has 2 amide bonds. The number of urea groups is 1. The van der Waals surface area contributed by atoms with Gasteiger partial charge in [-0.3, -0.25) is 14.9 Å². The van der Waals surface area contributed by atoms with Gasteiger partial charge in [-0.15, -0.1) is 0 Å². The van der Waals surface area contributed by atoms with E-state index in [9.17, 15) is 9.18 Å². The van der Waals surface area contributed by atoms with Gasteiger partial charge in [0.1, 0.15) is 5.82 Å². The number of aromatic nitrogens is 2. The Morgan fingerprint density at radius 2 is 1.82 bits per heavy atom. The number of hydrogen-bond donors (Lipinski definition) is 1. The molecule has 0 aliphatic carbocycles. The van der Waals surface area contributed by atoms with Gasteiger partial charge in [-0.05, 0) is 48.0 Å². The molecule has 0 unspecified atom stereocenters. The molecule has 4 aromatic rings. The van der Waals surface area contributed by atoms with E-state index in [0.717, 1.165) is 33.3 Å². The molecule has 0 fully saturated rings. The van der Waals surface area contributed by atoms with Crippen LogP contribution in [0, 0.1) is 5.82 Å². The molecule has 28 heavy (non-hydrogen) atoms. The van der Waals surface area contributed by atoms with E-state index in [2.05, 4.69) is 9.97 Å². The summed E-state index contributed by atoms with van der Waals surface area (Å²) in [5.41, 5.74) is 8.75. The largest absolute Gasteiger partial charge is 0.351 e. The Bertz CT molecular complexity index is 1120. The van der Waals surface area contributed by atoms with Crippen LogP contribution < -0.4 is 10.6 Å². The fraction of sp³-hybridized carbons (Fsp3) is 0.0455. The van der Waals surface area contributed by atoms with Crippen LogP contribution in [0.25, 0.3) is 22.0 Å². The maximum absolute atomic E-state index is 13.1. The minimum Gasteiger partial charge on any atom is -0.351 e. The number of amides is 2. The number of fused-ring (bicyclic) bond motifs is 1. The van der Waals surface area contributed by atoms with Crippen LogP contribution in [0.3, 0.4) is 0 Å². The lowest BCUT2D eigenvalue weighted by molar-refractivity contribution is 0.253. The third-order valence-corrected chi connectivity index (χ3v) is 4.52. The van der Waals surface area contributed by atoms with Gasteiger partial charge in [-0.25, -0.2) is 9.18 Å². The first-order valence-corrected chi connectivity index (χ1v) is 8.72.